The van der Waals surface area contributed by atoms with E-state index in [1.807, 2.05) is 7.05 Å². The van der Waals surface area contributed by atoms with Gasteiger partial charge in [-0.25, -0.2) is 0 Å². The summed E-state index contributed by atoms with van der Waals surface area (Å²) < 4.78 is 5.58. The van der Waals surface area contributed by atoms with Crippen LogP contribution in [0.15, 0.2) is 47.5 Å². The Morgan fingerprint density at radius 2 is 1.72 bits per heavy atom. The second kappa shape index (κ2) is 10.9. The standard InChI is InChI=1S/C24H34N4O/c1-4-28(5-2)18-21-8-6-20(7-9-21)17-27-24(25-3)26-14-12-19-10-11-23-22(16-19)13-15-29-23/h6-11,16H,4-5,12-15,17-18H2,1-3H3,(H2,25,26,27). The highest BCUT2D eigenvalue weighted by molar-refractivity contribution is 5.79. The van der Waals surface area contributed by atoms with E-state index >= 15 is 0 Å². The van der Waals surface area contributed by atoms with Gasteiger partial charge in [0.05, 0.1) is 6.61 Å². The van der Waals surface area contributed by atoms with Crippen LogP contribution < -0.4 is 15.4 Å². The fraction of sp³-hybridized carbons (Fsp3) is 0.458. The van der Waals surface area contributed by atoms with E-state index in [0.717, 1.165) is 63.9 Å². The van der Waals surface area contributed by atoms with E-state index in [2.05, 4.69) is 76.8 Å². The third-order valence-electron chi connectivity index (χ3n) is 5.47. The molecule has 2 aromatic rings. The Morgan fingerprint density at radius 1 is 1.00 bits per heavy atom. The van der Waals surface area contributed by atoms with Crippen molar-refractivity contribution >= 4 is 5.96 Å². The molecule has 0 aliphatic carbocycles. The fourth-order valence-corrected chi connectivity index (χ4v) is 3.59. The molecule has 0 fully saturated rings. The van der Waals surface area contributed by atoms with Crippen LogP contribution in [0.2, 0.25) is 0 Å². The van der Waals surface area contributed by atoms with Crippen LogP contribution in [0.5, 0.6) is 5.75 Å². The molecule has 0 saturated heterocycles. The van der Waals surface area contributed by atoms with Crippen LogP contribution >= 0.6 is 0 Å². The second-order valence-corrected chi connectivity index (χ2v) is 7.42. The van der Waals surface area contributed by atoms with Crippen molar-refractivity contribution in [1.82, 2.24) is 15.5 Å². The molecule has 0 amide bonds. The van der Waals surface area contributed by atoms with Crippen molar-refractivity contribution in [1.29, 1.82) is 0 Å². The number of nitrogens with zero attached hydrogens (tertiary/aromatic N) is 2. The molecule has 0 saturated carbocycles. The third kappa shape index (κ3) is 6.23. The highest BCUT2D eigenvalue weighted by Crippen LogP contribution is 2.25. The molecule has 5 heteroatoms. The van der Waals surface area contributed by atoms with E-state index < -0.39 is 0 Å². The number of fused-ring (bicyclic) bond motifs is 1. The monoisotopic (exact) mass is 394 g/mol. The second-order valence-electron chi connectivity index (χ2n) is 7.42. The molecular weight excluding hydrogens is 360 g/mol. The topological polar surface area (TPSA) is 48.9 Å². The maximum atomic E-state index is 5.58. The first-order valence-corrected chi connectivity index (χ1v) is 10.7. The number of ether oxygens (including phenoxy) is 1. The Labute approximate surface area is 175 Å². The van der Waals surface area contributed by atoms with Gasteiger partial charge in [0.2, 0.25) is 0 Å². The van der Waals surface area contributed by atoms with Crippen LogP contribution in [0, 0.1) is 0 Å². The summed E-state index contributed by atoms with van der Waals surface area (Å²) in [7, 11) is 1.81. The smallest absolute Gasteiger partial charge is 0.191 e. The number of hydrogen-bond acceptors (Lipinski definition) is 3. The SMILES string of the molecule is CCN(CC)Cc1ccc(CNC(=NC)NCCc2ccc3c(c2)CCO3)cc1. The number of nitrogens with one attached hydrogen (secondary N) is 2. The first kappa shape index (κ1) is 21.2. The number of guanidine groups is 1. The summed E-state index contributed by atoms with van der Waals surface area (Å²) >= 11 is 0. The van der Waals surface area contributed by atoms with Gasteiger partial charge in [-0.3, -0.25) is 9.89 Å². The van der Waals surface area contributed by atoms with Gasteiger partial charge in [-0.1, -0.05) is 50.2 Å². The molecule has 0 spiro atoms. The molecule has 2 aromatic carbocycles. The van der Waals surface area contributed by atoms with Gasteiger partial charge in [-0.15, -0.1) is 0 Å². The van der Waals surface area contributed by atoms with Gasteiger partial charge in [0.25, 0.3) is 0 Å². The van der Waals surface area contributed by atoms with Crippen molar-refractivity contribution in [3.05, 3.63) is 64.7 Å². The maximum absolute atomic E-state index is 5.58. The molecule has 0 aromatic heterocycles. The molecule has 0 atom stereocenters. The Bertz CT molecular complexity index is 797. The number of benzene rings is 2. The van der Waals surface area contributed by atoms with Crippen LogP contribution in [0.1, 0.15) is 36.1 Å². The number of rotatable bonds is 9. The summed E-state index contributed by atoms with van der Waals surface area (Å²) in [5.41, 5.74) is 5.28. The van der Waals surface area contributed by atoms with Crippen molar-refractivity contribution in [2.24, 2.45) is 4.99 Å². The zero-order valence-corrected chi connectivity index (χ0v) is 18.0. The minimum atomic E-state index is 0.765. The number of aliphatic imine (C=N–C) groups is 1. The van der Waals surface area contributed by atoms with Crippen LogP contribution in [-0.2, 0) is 25.9 Å². The summed E-state index contributed by atoms with van der Waals surface area (Å²) in [5.74, 6) is 1.88. The van der Waals surface area contributed by atoms with Crippen LogP contribution in [0.25, 0.3) is 0 Å². The first-order valence-electron chi connectivity index (χ1n) is 10.7. The van der Waals surface area contributed by atoms with Crippen molar-refractivity contribution in [3.8, 4) is 5.75 Å². The molecule has 0 unspecified atom stereocenters. The Balaban J connectivity index is 1.42. The van der Waals surface area contributed by atoms with E-state index in [9.17, 15) is 0 Å². The molecule has 29 heavy (non-hydrogen) atoms. The van der Waals surface area contributed by atoms with Gasteiger partial charge in [0.1, 0.15) is 5.75 Å². The maximum Gasteiger partial charge on any atom is 0.191 e. The van der Waals surface area contributed by atoms with Gasteiger partial charge < -0.3 is 15.4 Å². The van der Waals surface area contributed by atoms with Gasteiger partial charge >= 0.3 is 0 Å². The normalized spacial score (nSPS) is 13.3. The lowest BCUT2D eigenvalue weighted by Crippen LogP contribution is -2.37. The Kier molecular flexibility index (Phi) is 7.94. The molecule has 156 valence electrons. The average molecular weight is 395 g/mol. The lowest BCUT2D eigenvalue weighted by atomic mass is 10.1. The van der Waals surface area contributed by atoms with E-state index in [1.165, 1.54) is 22.3 Å². The lowest BCUT2D eigenvalue weighted by Gasteiger charge is -2.18. The molecule has 0 radical (unpaired) electrons. The predicted octanol–water partition coefficient (Wildman–Crippen LogP) is 3.37. The van der Waals surface area contributed by atoms with Gasteiger partial charge in [0.15, 0.2) is 5.96 Å². The fourth-order valence-electron chi connectivity index (χ4n) is 3.59. The molecule has 5 nitrogen and oxygen atoms in total. The lowest BCUT2D eigenvalue weighted by molar-refractivity contribution is 0.296. The summed E-state index contributed by atoms with van der Waals surface area (Å²) in [4.78, 5) is 6.76. The summed E-state index contributed by atoms with van der Waals surface area (Å²) in [6.07, 6.45) is 1.99. The average Bonchev–Trinajstić information content (AvgIpc) is 3.23. The molecule has 1 aliphatic rings. The molecule has 1 heterocycles. The van der Waals surface area contributed by atoms with Gasteiger partial charge in [0, 0.05) is 33.1 Å². The molecule has 2 N–H and O–H groups in total. The molecule has 3 rings (SSSR count). The Hall–Kier alpha value is -2.53. The van der Waals surface area contributed by atoms with Gasteiger partial charge in [-0.2, -0.15) is 0 Å². The predicted molar refractivity (Wildman–Crippen MR) is 121 cm³/mol. The minimum Gasteiger partial charge on any atom is -0.493 e. The highest BCUT2D eigenvalue weighted by atomic mass is 16.5. The van der Waals surface area contributed by atoms with Crippen molar-refractivity contribution in [3.63, 3.8) is 0 Å². The largest absolute Gasteiger partial charge is 0.493 e. The minimum absolute atomic E-state index is 0.765. The van der Waals surface area contributed by atoms with Crippen molar-refractivity contribution in [2.45, 2.75) is 39.8 Å². The molecule has 0 bridgehead atoms. The van der Waals surface area contributed by atoms with Crippen LogP contribution in [0.3, 0.4) is 0 Å². The quantitative estimate of drug-likeness (QED) is 0.506. The first-order chi connectivity index (χ1) is 14.2. The zero-order chi connectivity index (χ0) is 20.5. The summed E-state index contributed by atoms with van der Waals surface area (Å²) in [6.45, 7) is 10.0. The van der Waals surface area contributed by atoms with E-state index in [0.29, 0.717) is 0 Å². The zero-order valence-electron chi connectivity index (χ0n) is 18.0. The van der Waals surface area contributed by atoms with Crippen molar-refractivity contribution in [2.75, 3.05) is 33.3 Å². The highest BCUT2D eigenvalue weighted by Gasteiger charge is 2.11. The van der Waals surface area contributed by atoms with Crippen LogP contribution in [-0.4, -0.2) is 44.1 Å². The van der Waals surface area contributed by atoms with E-state index in [4.69, 9.17) is 4.74 Å². The molecule has 1 aliphatic heterocycles. The Morgan fingerprint density at radius 3 is 2.45 bits per heavy atom. The summed E-state index contributed by atoms with van der Waals surface area (Å²) in [6, 6.07) is 15.4. The van der Waals surface area contributed by atoms with E-state index in [-0.39, 0.29) is 0 Å². The van der Waals surface area contributed by atoms with Gasteiger partial charge in [-0.05, 0) is 47.8 Å². The van der Waals surface area contributed by atoms with E-state index in [1.54, 1.807) is 0 Å². The number of hydrogen-bond donors (Lipinski definition) is 2. The van der Waals surface area contributed by atoms with Crippen LogP contribution in [0.4, 0.5) is 0 Å². The van der Waals surface area contributed by atoms with Crippen molar-refractivity contribution < 1.29 is 4.74 Å². The third-order valence-corrected chi connectivity index (χ3v) is 5.47. The molecular formula is C24H34N4O. The summed E-state index contributed by atoms with van der Waals surface area (Å²) in [5, 5.41) is 6.81.